The third-order valence-electron chi connectivity index (χ3n) is 5.63. The predicted octanol–water partition coefficient (Wildman–Crippen LogP) is 3.86. The van der Waals surface area contributed by atoms with Crippen LogP contribution >= 0.6 is 11.3 Å². The molecule has 1 aromatic heterocycles. The number of hydrogen-bond acceptors (Lipinski definition) is 5. The summed E-state index contributed by atoms with van der Waals surface area (Å²) in [6.45, 7) is 0. The Hall–Kier alpha value is -1.61. The second-order valence-electron chi connectivity index (χ2n) is 7.49. The highest BCUT2D eigenvalue weighted by Crippen LogP contribution is 2.48. The van der Waals surface area contributed by atoms with Gasteiger partial charge in [0, 0.05) is 22.8 Å². The highest BCUT2D eigenvalue weighted by Gasteiger charge is 2.36. The van der Waals surface area contributed by atoms with Gasteiger partial charge in [0.2, 0.25) is 5.91 Å². The summed E-state index contributed by atoms with van der Waals surface area (Å²) < 4.78 is 0. The number of nitrogens with zero attached hydrogens (tertiary/aromatic N) is 2. The summed E-state index contributed by atoms with van der Waals surface area (Å²) in [7, 11) is 0. The van der Waals surface area contributed by atoms with Crippen molar-refractivity contribution in [1.82, 2.24) is 10.3 Å². The van der Waals surface area contributed by atoms with Gasteiger partial charge in [0.15, 0.2) is 11.3 Å². The maximum absolute atomic E-state index is 12.4. The van der Waals surface area contributed by atoms with Crippen molar-refractivity contribution in [2.24, 2.45) is 5.92 Å². The van der Waals surface area contributed by atoms with E-state index in [0.29, 0.717) is 11.8 Å². The van der Waals surface area contributed by atoms with Crippen LogP contribution in [-0.4, -0.2) is 16.9 Å². The van der Waals surface area contributed by atoms with Crippen LogP contribution in [0.25, 0.3) is 0 Å². The van der Waals surface area contributed by atoms with Gasteiger partial charge in [0.25, 0.3) is 0 Å². The summed E-state index contributed by atoms with van der Waals surface area (Å²) in [6, 6.07) is 0.168. The number of rotatable bonds is 5. The molecule has 1 heterocycles. The number of nitrogens with one attached hydrogen (secondary N) is 2. The number of amides is 1. The van der Waals surface area contributed by atoms with Crippen molar-refractivity contribution in [3.63, 3.8) is 0 Å². The standard InChI is InChI=1S/C18H24N4OS/c19-10-20-14-8-13(9-14)17(23)22-18-21-15(11-6-7-11)16(24-18)12-4-2-1-3-5-12/h11-14,20H,1-9H2,(H,21,22,23). The van der Waals surface area contributed by atoms with Gasteiger partial charge in [-0.3, -0.25) is 4.79 Å². The van der Waals surface area contributed by atoms with Crippen LogP contribution in [0.4, 0.5) is 5.13 Å². The minimum Gasteiger partial charge on any atom is -0.321 e. The minimum atomic E-state index is 0.0160. The van der Waals surface area contributed by atoms with E-state index in [1.807, 2.05) is 6.19 Å². The van der Waals surface area contributed by atoms with Crippen molar-refractivity contribution in [1.29, 1.82) is 5.26 Å². The van der Waals surface area contributed by atoms with Crippen LogP contribution in [0.1, 0.15) is 80.2 Å². The fourth-order valence-corrected chi connectivity index (χ4v) is 5.18. The van der Waals surface area contributed by atoms with Crippen molar-refractivity contribution in [2.75, 3.05) is 5.32 Å². The van der Waals surface area contributed by atoms with Crippen molar-refractivity contribution < 1.29 is 4.79 Å². The topological polar surface area (TPSA) is 77.8 Å². The van der Waals surface area contributed by atoms with Gasteiger partial charge in [0.1, 0.15) is 0 Å². The molecule has 0 aromatic carbocycles. The zero-order valence-corrected chi connectivity index (χ0v) is 14.7. The molecular formula is C18H24N4OS. The minimum absolute atomic E-state index is 0.0160. The van der Waals surface area contributed by atoms with E-state index in [4.69, 9.17) is 10.2 Å². The average molecular weight is 344 g/mol. The number of thiazole rings is 1. The van der Waals surface area contributed by atoms with Crippen LogP contribution < -0.4 is 10.6 Å². The molecule has 6 heteroatoms. The number of aromatic nitrogens is 1. The van der Waals surface area contributed by atoms with E-state index in [2.05, 4.69) is 10.6 Å². The average Bonchev–Trinajstić information content (AvgIpc) is 3.32. The van der Waals surface area contributed by atoms with E-state index in [1.165, 1.54) is 55.5 Å². The molecule has 0 spiro atoms. The van der Waals surface area contributed by atoms with Gasteiger partial charge in [-0.1, -0.05) is 19.3 Å². The SMILES string of the molecule is N#CNC1CC(C(=O)Nc2nc(C3CC3)c(C3CCCCC3)s2)C1. The molecule has 0 radical (unpaired) electrons. The Balaban J connectivity index is 1.42. The van der Waals surface area contributed by atoms with Gasteiger partial charge in [-0.05, 0) is 44.4 Å². The molecule has 5 nitrogen and oxygen atoms in total. The molecule has 3 fully saturated rings. The molecule has 24 heavy (non-hydrogen) atoms. The number of carbonyl (C=O) groups is 1. The highest BCUT2D eigenvalue weighted by molar-refractivity contribution is 7.16. The molecular weight excluding hydrogens is 320 g/mol. The molecule has 3 aliphatic carbocycles. The second kappa shape index (κ2) is 6.72. The van der Waals surface area contributed by atoms with Gasteiger partial charge in [-0.25, -0.2) is 4.98 Å². The lowest BCUT2D eigenvalue weighted by atomic mass is 9.80. The molecule has 1 aromatic rings. The Kier molecular flexibility index (Phi) is 4.45. The number of hydrogen-bond donors (Lipinski definition) is 2. The van der Waals surface area contributed by atoms with Crippen molar-refractivity contribution >= 4 is 22.4 Å². The quantitative estimate of drug-likeness (QED) is 0.628. The summed E-state index contributed by atoms with van der Waals surface area (Å²) in [5.41, 5.74) is 1.28. The highest BCUT2D eigenvalue weighted by atomic mass is 32.1. The van der Waals surface area contributed by atoms with Crippen LogP contribution in [0.3, 0.4) is 0 Å². The Bertz CT molecular complexity index is 648. The second-order valence-corrected chi connectivity index (χ2v) is 8.52. The molecule has 0 unspecified atom stereocenters. The summed E-state index contributed by atoms with van der Waals surface area (Å²) >= 11 is 1.71. The molecule has 0 atom stereocenters. The zero-order chi connectivity index (χ0) is 16.5. The van der Waals surface area contributed by atoms with Gasteiger partial charge in [-0.2, -0.15) is 5.26 Å². The Morgan fingerprint density at radius 1 is 1.12 bits per heavy atom. The molecule has 0 saturated heterocycles. The summed E-state index contributed by atoms with van der Waals surface area (Å²) in [5.74, 6) is 1.38. The summed E-state index contributed by atoms with van der Waals surface area (Å²) in [4.78, 5) is 18.6. The lowest BCUT2D eigenvalue weighted by Gasteiger charge is -2.32. The first-order valence-corrected chi connectivity index (χ1v) is 10.0. The molecule has 0 aliphatic heterocycles. The largest absolute Gasteiger partial charge is 0.321 e. The van der Waals surface area contributed by atoms with Crippen LogP contribution in [0.2, 0.25) is 0 Å². The molecule has 0 bridgehead atoms. The number of carbonyl (C=O) groups excluding carboxylic acids is 1. The lowest BCUT2D eigenvalue weighted by molar-refractivity contribution is -0.122. The predicted molar refractivity (Wildman–Crippen MR) is 93.8 cm³/mol. The monoisotopic (exact) mass is 344 g/mol. The first kappa shape index (κ1) is 15.9. The van der Waals surface area contributed by atoms with E-state index < -0.39 is 0 Å². The van der Waals surface area contributed by atoms with Crippen molar-refractivity contribution in [3.8, 4) is 6.19 Å². The smallest absolute Gasteiger partial charge is 0.229 e. The third kappa shape index (κ3) is 3.27. The van der Waals surface area contributed by atoms with E-state index in [9.17, 15) is 4.79 Å². The van der Waals surface area contributed by atoms with Gasteiger partial charge >= 0.3 is 0 Å². The normalized spacial score (nSPS) is 27.1. The zero-order valence-electron chi connectivity index (χ0n) is 13.9. The van der Waals surface area contributed by atoms with Crippen LogP contribution in [-0.2, 0) is 4.79 Å². The molecule has 128 valence electrons. The fourth-order valence-electron chi connectivity index (χ4n) is 3.95. The maximum Gasteiger partial charge on any atom is 0.229 e. The molecule has 3 saturated carbocycles. The van der Waals surface area contributed by atoms with E-state index in [-0.39, 0.29) is 17.9 Å². The summed E-state index contributed by atoms with van der Waals surface area (Å²) in [5, 5.41) is 15.2. The van der Waals surface area contributed by atoms with Gasteiger partial charge in [0.05, 0.1) is 5.69 Å². The molecule has 3 aliphatic rings. The van der Waals surface area contributed by atoms with Crippen molar-refractivity contribution in [2.45, 2.75) is 75.7 Å². The van der Waals surface area contributed by atoms with Crippen LogP contribution in [0.15, 0.2) is 0 Å². The van der Waals surface area contributed by atoms with Crippen LogP contribution in [0, 0.1) is 17.4 Å². The number of anilines is 1. The molecule has 1 amide bonds. The first-order valence-electron chi connectivity index (χ1n) is 9.20. The fraction of sp³-hybridized carbons (Fsp3) is 0.722. The Morgan fingerprint density at radius 2 is 1.88 bits per heavy atom. The van der Waals surface area contributed by atoms with Gasteiger partial charge in [-0.15, -0.1) is 11.3 Å². The van der Waals surface area contributed by atoms with Crippen molar-refractivity contribution in [3.05, 3.63) is 10.6 Å². The van der Waals surface area contributed by atoms with Crippen LogP contribution in [0.5, 0.6) is 0 Å². The lowest BCUT2D eigenvalue weighted by Crippen LogP contribution is -2.44. The summed E-state index contributed by atoms with van der Waals surface area (Å²) in [6.07, 6.45) is 12.5. The Morgan fingerprint density at radius 3 is 2.54 bits per heavy atom. The molecule has 4 rings (SSSR count). The van der Waals surface area contributed by atoms with E-state index >= 15 is 0 Å². The number of nitriles is 1. The van der Waals surface area contributed by atoms with E-state index in [1.54, 1.807) is 11.3 Å². The first-order chi connectivity index (χ1) is 11.7. The molecule has 2 N–H and O–H groups in total. The maximum atomic E-state index is 12.4. The Labute approximate surface area is 146 Å². The van der Waals surface area contributed by atoms with E-state index in [0.717, 1.165) is 18.0 Å². The van der Waals surface area contributed by atoms with Gasteiger partial charge < -0.3 is 10.6 Å². The third-order valence-corrected chi connectivity index (χ3v) is 6.78.